The largest absolute Gasteiger partial charge is 0.375 e. The smallest absolute Gasteiger partial charge is 0.249 e. The van der Waals surface area contributed by atoms with Gasteiger partial charge in [-0.3, -0.25) is 9.59 Å². The van der Waals surface area contributed by atoms with Crippen LogP contribution < -0.4 is 15.8 Å². The average Bonchev–Trinajstić information content (AvgIpc) is 2.91. The summed E-state index contributed by atoms with van der Waals surface area (Å²) >= 11 is 5.63. The highest BCUT2D eigenvalue weighted by Gasteiger charge is 2.24. The lowest BCUT2D eigenvalue weighted by atomic mass is 9.98. The Balaban J connectivity index is 1.64. The normalized spacial score (nSPS) is 12.1. The van der Waals surface area contributed by atoms with Gasteiger partial charge in [0.15, 0.2) is 0 Å². The predicted octanol–water partition coefficient (Wildman–Crippen LogP) is 3.20. The summed E-state index contributed by atoms with van der Waals surface area (Å²) < 4.78 is 32.9. The molecule has 10 heteroatoms. The molecular formula is C27H30ClN3O5S. The van der Waals surface area contributed by atoms with Crippen LogP contribution in [-0.2, 0) is 32.7 Å². The van der Waals surface area contributed by atoms with Crippen molar-refractivity contribution in [1.29, 1.82) is 0 Å². The third kappa shape index (κ3) is 8.98. The Bertz CT molecular complexity index is 1280. The first-order valence-corrected chi connectivity index (χ1v) is 13.9. The maximum atomic E-state index is 12.9. The molecule has 0 aromatic heterocycles. The first kappa shape index (κ1) is 28.3. The van der Waals surface area contributed by atoms with Crippen molar-refractivity contribution in [2.75, 3.05) is 18.2 Å². The second kappa shape index (κ2) is 13.9. The van der Waals surface area contributed by atoms with Crippen LogP contribution in [0.3, 0.4) is 0 Å². The minimum Gasteiger partial charge on any atom is -0.375 e. The summed E-state index contributed by atoms with van der Waals surface area (Å²) in [6.07, 6.45) is 0.265. The Morgan fingerprint density at radius 3 is 2.27 bits per heavy atom. The molecule has 0 saturated heterocycles. The van der Waals surface area contributed by atoms with Crippen LogP contribution in [0.1, 0.15) is 27.9 Å². The van der Waals surface area contributed by atoms with E-state index in [0.29, 0.717) is 11.1 Å². The van der Waals surface area contributed by atoms with E-state index in [0.717, 1.165) is 16.7 Å². The van der Waals surface area contributed by atoms with Crippen molar-refractivity contribution in [2.45, 2.75) is 25.6 Å². The number of carbonyl (C=O) groups is 2. The van der Waals surface area contributed by atoms with Crippen molar-refractivity contribution >= 4 is 33.4 Å². The lowest BCUT2D eigenvalue weighted by molar-refractivity contribution is -0.124. The van der Waals surface area contributed by atoms with E-state index >= 15 is 0 Å². The van der Waals surface area contributed by atoms with Gasteiger partial charge in [-0.15, -0.1) is 11.6 Å². The number of alkyl halides is 1. The zero-order valence-corrected chi connectivity index (χ0v) is 21.8. The topological polar surface area (TPSA) is 128 Å². The van der Waals surface area contributed by atoms with Gasteiger partial charge in [-0.1, -0.05) is 72.8 Å². The van der Waals surface area contributed by atoms with Gasteiger partial charge in [-0.25, -0.2) is 13.1 Å². The minimum atomic E-state index is -3.73. The quantitative estimate of drug-likeness (QED) is 0.269. The van der Waals surface area contributed by atoms with Crippen LogP contribution in [0.4, 0.5) is 0 Å². The molecule has 0 bridgehead atoms. The molecule has 0 unspecified atom stereocenters. The van der Waals surface area contributed by atoms with Crippen LogP contribution in [0, 0.1) is 0 Å². The number of ether oxygens (including phenoxy) is 1. The number of halogens is 1. The lowest BCUT2D eigenvalue weighted by Gasteiger charge is -2.19. The first-order valence-electron chi connectivity index (χ1n) is 11.7. The molecule has 0 aliphatic carbocycles. The third-order valence-electron chi connectivity index (χ3n) is 5.51. The zero-order valence-electron chi connectivity index (χ0n) is 20.2. The highest BCUT2D eigenvalue weighted by Crippen LogP contribution is 2.23. The predicted molar refractivity (Wildman–Crippen MR) is 144 cm³/mol. The van der Waals surface area contributed by atoms with E-state index in [2.05, 4.69) is 10.0 Å². The number of amides is 2. The molecule has 0 saturated carbocycles. The molecule has 0 radical (unpaired) electrons. The van der Waals surface area contributed by atoms with Crippen LogP contribution in [0.5, 0.6) is 0 Å². The molecular weight excluding hydrogens is 514 g/mol. The van der Waals surface area contributed by atoms with Crippen LogP contribution >= 0.6 is 11.6 Å². The fourth-order valence-electron chi connectivity index (χ4n) is 3.62. The van der Waals surface area contributed by atoms with E-state index in [9.17, 15) is 18.0 Å². The molecule has 3 rings (SSSR count). The second-order valence-corrected chi connectivity index (χ2v) is 10.6. The minimum absolute atomic E-state index is 0.135. The molecule has 0 fully saturated rings. The van der Waals surface area contributed by atoms with E-state index in [1.54, 1.807) is 12.1 Å². The molecule has 4 N–H and O–H groups in total. The summed E-state index contributed by atoms with van der Waals surface area (Å²) in [6.45, 7) is 0.279. The molecule has 3 aromatic carbocycles. The lowest BCUT2D eigenvalue weighted by Crippen LogP contribution is -2.49. The Morgan fingerprint density at radius 2 is 1.59 bits per heavy atom. The highest BCUT2D eigenvalue weighted by molar-refractivity contribution is 7.89. The number of rotatable bonds is 14. The number of nitrogens with one attached hydrogen (secondary N) is 2. The SMILES string of the molecule is NC(=O)c1ccccc1-c1ccc(CNC(=O)[C@@H](COCc2ccccc2)NS(=O)(=O)CCCCl)cc1. The number of primary amides is 1. The number of hydrogen-bond donors (Lipinski definition) is 3. The maximum Gasteiger partial charge on any atom is 0.249 e. The summed E-state index contributed by atoms with van der Waals surface area (Å²) in [4.78, 5) is 24.6. The molecule has 196 valence electrons. The number of sulfonamides is 1. The maximum absolute atomic E-state index is 12.9. The molecule has 0 spiro atoms. The fourth-order valence-corrected chi connectivity index (χ4v) is 5.16. The van der Waals surface area contributed by atoms with Crippen molar-refractivity contribution in [3.8, 4) is 11.1 Å². The molecule has 37 heavy (non-hydrogen) atoms. The van der Waals surface area contributed by atoms with Gasteiger partial charge in [0.05, 0.1) is 19.0 Å². The van der Waals surface area contributed by atoms with Gasteiger partial charge in [0.1, 0.15) is 6.04 Å². The van der Waals surface area contributed by atoms with E-state index in [4.69, 9.17) is 22.1 Å². The van der Waals surface area contributed by atoms with Crippen molar-refractivity contribution in [1.82, 2.24) is 10.0 Å². The number of hydrogen-bond acceptors (Lipinski definition) is 5. The Hall–Kier alpha value is -3.24. The Kier molecular flexibility index (Phi) is 10.6. The van der Waals surface area contributed by atoms with Crippen LogP contribution in [0.15, 0.2) is 78.9 Å². The van der Waals surface area contributed by atoms with Crippen LogP contribution in [-0.4, -0.2) is 44.5 Å². The Labute approximate surface area is 222 Å². The standard InChI is InChI=1S/C27H30ClN3O5S/c28-15-6-16-37(34,35)31-25(19-36-18-21-7-2-1-3-8-21)27(33)30-17-20-11-13-22(14-12-20)23-9-4-5-10-24(23)26(29)32/h1-5,7-14,25,31H,6,15-19H2,(H2,29,32)(H,30,33)/t25-/m1/s1. The summed E-state index contributed by atoms with van der Waals surface area (Å²) in [6, 6.07) is 22.6. The van der Waals surface area contributed by atoms with Gasteiger partial charge >= 0.3 is 0 Å². The number of nitrogens with two attached hydrogens (primary N) is 1. The number of carbonyl (C=O) groups excluding carboxylic acids is 2. The molecule has 0 aliphatic rings. The summed E-state index contributed by atoms with van der Waals surface area (Å²) in [5.74, 6) is -1.01. The highest BCUT2D eigenvalue weighted by atomic mass is 35.5. The van der Waals surface area contributed by atoms with Gasteiger partial charge in [-0.2, -0.15) is 0 Å². The summed E-state index contributed by atoms with van der Waals surface area (Å²) in [5, 5.41) is 2.77. The zero-order chi connectivity index (χ0) is 26.7. The third-order valence-corrected chi connectivity index (χ3v) is 7.24. The fraction of sp³-hybridized carbons (Fsp3) is 0.259. The van der Waals surface area contributed by atoms with Crippen LogP contribution in [0.2, 0.25) is 0 Å². The average molecular weight is 544 g/mol. The van der Waals surface area contributed by atoms with E-state index in [-0.39, 0.29) is 37.8 Å². The molecule has 8 nitrogen and oxygen atoms in total. The van der Waals surface area contributed by atoms with Crippen molar-refractivity contribution in [2.24, 2.45) is 5.73 Å². The monoisotopic (exact) mass is 543 g/mol. The van der Waals surface area contributed by atoms with Gasteiger partial charge in [0, 0.05) is 18.0 Å². The molecule has 0 aliphatic heterocycles. The Morgan fingerprint density at radius 1 is 0.919 bits per heavy atom. The first-order chi connectivity index (χ1) is 17.8. The van der Waals surface area contributed by atoms with Crippen molar-refractivity contribution in [3.05, 3.63) is 95.6 Å². The van der Waals surface area contributed by atoms with Crippen molar-refractivity contribution in [3.63, 3.8) is 0 Å². The van der Waals surface area contributed by atoms with Gasteiger partial charge in [0.25, 0.3) is 0 Å². The summed E-state index contributed by atoms with van der Waals surface area (Å²) in [5.41, 5.74) is 9.12. The van der Waals surface area contributed by atoms with Crippen LogP contribution in [0.25, 0.3) is 11.1 Å². The van der Waals surface area contributed by atoms with Crippen molar-refractivity contribution < 1.29 is 22.7 Å². The number of benzene rings is 3. The van der Waals surface area contributed by atoms with Gasteiger partial charge < -0.3 is 15.8 Å². The summed E-state index contributed by atoms with van der Waals surface area (Å²) in [7, 11) is -3.73. The van der Waals surface area contributed by atoms with E-state index in [1.165, 1.54) is 0 Å². The van der Waals surface area contributed by atoms with Gasteiger partial charge in [0.2, 0.25) is 21.8 Å². The molecule has 2 amide bonds. The van der Waals surface area contributed by atoms with Gasteiger partial charge in [-0.05, 0) is 34.7 Å². The van der Waals surface area contributed by atoms with E-state index in [1.807, 2.05) is 66.7 Å². The molecule has 3 aromatic rings. The van der Waals surface area contributed by atoms with E-state index < -0.39 is 27.9 Å². The second-order valence-electron chi connectivity index (χ2n) is 8.36. The molecule has 1 atom stereocenters. The molecule has 0 heterocycles.